The van der Waals surface area contributed by atoms with Crippen LogP contribution in [-0.4, -0.2) is 30.3 Å². The highest BCUT2D eigenvalue weighted by Gasteiger charge is 2.40. The molecule has 1 heterocycles. The zero-order valence-corrected chi connectivity index (χ0v) is 15.6. The summed E-state index contributed by atoms with van der Waals surface area (Å²) in [5.41, 5.74) is 0.732. The maximum atomic E-state index is 12.1. The Morgan fingerprint density at radius 2 is 2.04 bits per heavy atom. The van der Waals surface area contributed by atoms with Crippen molar-refractivity contribution in [2.24, 2.45) is 17.8 Å². The monoisotopic (exact) mass is 372 g/mol. The predicted molar refractivity (Wildman–Crippen MR) is 96.2 cm³/mol. The minimum absolute atomic E-state index is 0.0000613. The second-order valence-corrected chi connectivity index (χ2v) is 7.38. The highest BCUT2D eigenvalue weighted by Crippen LogP contribution is 2.49. The fourth-order valence-corrected chi connectivity index (χ4v) is 4.45. The number of ether oxygens (including phenoxy) is 3. The summed E-state index contributed by atoms with van der Waals surface area (Å²) in [5.74, 6) is 3.74. The van der Waals surface area contributed by atoms with Crippen molar-refractivity contribution in [3.8, 4) is 22.9 Å². The summed E-state index contributed by atoms with van der Waals surface area (Å²) in [5, 5.41) is 3.96. The molecule has 0 unspecified atom stereocenters. The molecule has 2 aromatic rings. The first-order valence-corrected chi connectivity index (χ1v) is 9.37. The van der Waals surface area contributed by atoms with Crippen molar-refractivity contribution in [2.45, 2.75) is 38.7 Å². The smallest absolute Gasteiger partial charge is 0.306 e. The molecule has 2 fully saturated rings. The lowest BCUT2D eigenvalue weighted by molar-refractivity contribution is -0.147. The fraction of sp³-hybridized carbons (Fsp3) is 0.550. The molecule has 1 aromatic carbocycles. The number of rotatable bonds is 7. The number of benzene rings is 1. The molecular formula is C20H24N2O5. The van der Waals surface area contributed by atoms with Crippen LogP contribution in [0.2, 0.25) is 0 Å². The van der Waals surface area contributed by atoms with Gasteiger partial charge in [-0.2, -0.15) is 4.98 Å². The van der Waals surface area contributed by atoms with Crippen molar-refractivity contribution in [3.05, 3.63) is 24.1 Å². The Kier molecular flexibility index (Phi) is 5.01. The van der Waals surface area contributed by atoms with Gasteiger partial charge in [-0.25, -0.2) is 0 Å². The standard InChI is InChI=1S/C20H24N2O5/c1-24-16-6-5-14(9-17(16)25-2)20-21-18(27-22-20)11-26-19(23)10-15-8-12-3-4-13(15)7-12/h5-6,9,12-13,15H,3-4,7-8,10-11H2,1-2H3/t12-,13-,15-/m0/s1. The van der Waals surface area contributed by atoms with Crippen molar-refractivity contribution in [3.63, 3.8) is 0 Å². The zero-order valence-electron chi connectivity index (χ0n) is 15.6. The molecule has 7 heteroatoms. The lowest BCUT2D eigenvalue weighted by Gasteiger charge is -2.20. The number of esters is 1. The summed E-state index contributed by atoms with van der Waals surface area (Å²) in [4.78, 5) is 16.4. The van der Waals surface area contributed by atoms with Crippen molar-refractivity contribution < 1.29 is 23.5 Å². The van der Waals surface area contributed by atoms with E-state index in [4.69, 9.17) is 18.7 Å². The normalized spacial score (nSPS) is 23.4. The van der Waals surface area contributed by atoms with Crippen molar-refractivity contribution in [1.82, 2.24) is 10.1 Å². The van der Waals surface area contributed by atoms with Gasteiger partial charge in [0.05, 0.1) is 14.2 Å². The lowest BCUT2D eigenvalue weighted by atomic mass is 9.86. The Hall–Kier alpha value is -2.57. The SMILES string of the molecule is COc1ccc(-c2noc(COC(=O)C[C@@H]3C[C@H]4CC[C@H]3C4)n2)cc1OC. The van der Waals surface area contributed by atoms with E-state index in [1.165, 1.54) is 25.7 Å². The van der Waals surface area contributed by atoms with Gasteiger partial charge >= 0.3 is 5.97 Å². The molecule has 2 aliphatic carbocycles. The van der Waals surface area contributed by atoms with E-state index >= 15 is 0 Å². The van der Waals surface area contributed by atoms with Gasteiger partial charge in [-0.3, -0.25) is 4.79 Å². The van der Waals surface area contributed by atoms with Crippen LogP contribution >= 0.6 is 0 Å². The topological polar surface area (TPSA) is 83.7 Å². The summed E-state index contributed by atoms with van der Waals surface area (Å²) in [6, 6.07) is 5.37. The molecule has 2 saturated carbocycles. The molecule has 0 amide bonds. The van der Waals surface area contributed by atoms with Crippen LogP contribution in [-0.2, 0) is 16.1 Å². The summed E-state index contributed by atoms with van der Waals surface area (Å²) in [6.07, 6.45) is 5.55. The Morgan fingerprint density at radius 3 is 2.74 bits per heavy atom. The first-order chi connectivity index (χ1) is 13.2. The van der Waals surface area contributed by atoms with Gasteiger partial charge in [0.2, 0.25) is 5.82 Å². The van der Waals surface area contributed by atoms with Gasteiger partial charge in [-0.05, 0) is 55.2 Å². The summed E-state index contributed by atoms with van der Waals surface area (Å²) < 4.78 is 21.1. The predicted octanol–water partition coefficient (Wildman–Crippen LogP) is 3.62. The second-order valence-electron chi connectivity index (χ2n) is 7.38. The average molecular weight is 372 g/mol. The first kappa shape index (κ1) is 17.8. The molecule has 0 aliphatic heterocycles. The van der Waals surface area contributed by atoms with Crippen molar-refractivity contribution in [2.75, 3.05) is 14.2 Å². The molecule has 3 atom stereocenters. The van der Waals surface area contributed by atoms with E-state index in [0.29, 0.717) is 35.6 Å². The van der Waals surface area contributed by atoms with E-state index in [9.17, 15) is 4.79 Å². The number of carbonyl (C=O) groups excluding carboxylic acids is 1. The van der Waals surface area contributed by atoms with Crippen LogP contribution in [0.1, 0.15) is 38.0 Å². The van der Waals surface area contributed by atoms with Crippen molar-refractivity contribution >= 4 is 5.97 Å². The molecular weight excluding hydrogens is 348 g/mol. The van der Waals surface area contributed by atoms with E-state index in [1.54, 1.807) is 26.4 Å². The van der Waals surface area contributed by atoms with Crippen LogP contribution in [0, 0.1) is 17.8 Å². The first-order valence-electron chi connectivity index (χ1n) is 9.37. The van der Waals surface area contributed by atoms with Crippen LogP contribution in [0.4, 0.5) is 0 Å². The number of hydrogen-bond donors (Lipinski definition) is 0. The number of nitrogens with zero attached hydrogens (tertiary/aromatic N) is 2. The third-order valence-corrected chi connectivity index (χ3v) is 5.78. The Balaban J connectivity index is 1.33. The number of methoxy groups -OCH3 is 2. The molecule has 7 nitrogen and oxygen atoms in total. The number of aromatic nitrogens is 2. The van der Waals surface area contributed by atoms with E-state index in [2.05, 4.69) is 10.1 Å². The quantitative estimate of drug-likeness (QED) is 0.686. The van der Waals surface area contributed by atoms with E-state index in [-0.39, 0.29) is 18.5 Å². The van der Waals surface area contributed by atoms with Gasteiger partial charge < -0.3 is 18.7 Å². The van der Waals surface area contributed by atoms with Crippen molar-refractivity contribution in [1.29, 1.82) is 0 Å². The van der Waals surface area contributed by atoms with Gasteiger partial charge in [-0.1, -0.05) is 11.6 Å². The Labute approximate surface area is 158 Å². The molecule has 0 spiro atoms. The summed E-state index contributed by atoms with van der Waals surface area (Å²) >= 11 is 0. The van der Waals surface area contributed by atoms with Gasteiger partial charge in [0.25, 0.3) is 5.89 Å². The van der Waals surface area contributed by atoms with Gasteiger partial charge in [0.1, 0.15) is 0 Å². The van der Waals surface area contributed by atoms with E-state index < -0.39 is 0 Å². The molecule has 0 radical (unpaired) electrons. The summed E-state index contributed by atoms with van der Waals surface area (Å²) in [7, 11) is 3.15. The third kappa shape index (κ3) is 3.77. The molecule has 2 bridgehead atoms. The maximum Gasteiger partial charge on any atom is 0.306 e. The molecule has 1 aromatic heterocycles. The van der Waals surface area contributed by atoms with Gasteiger partial charge in [-0.15, -0.1) is 0 Å². The van der Waals surface area contributed by atoms with Gasteiger partial charge in [0, 0.05) is 12.0 Å². The Morgan fingerprint density at radius 1 is 1.19 bits per heavy atom. The summed E-state index contributed by atoms with van der Waals surface area (Å²) in [6.45, 7) is -0.0000613. The molecule has 144 valence electrons. The van der Waals surface area contributed by atoms with Crippen LogP contribution in [0.15, 0.2) is 22.7 Å². The zero-order chi connectivity index (χ0) is 18.8. The second kappa shape index (κ2) is 7.58. The molecule has 0 saturated heterocycles. The third-order valence-electron chi connectivity index (χ3n) is 5.78. The van der Waals surface area contributed by atoms with Gasteiger partial charge in [0.15, 0.2) is 18.1 Å². The molecule has 2 aliphatic rings. The highest BCUT2D eigenvalue weighted by molar-refractivity contribution is 5.69. The lowest BCUT2D eigenvalue weighted by Crippen LogP contribution is -2.17. The number of hydrogen-bond acceptors (Lipinski definition) is 7. The largest absolute Gasteiger partial charge is 0.493 e. The molecule has 4 rings (SSSR count). The van der Waals surface area contributed by atoms with E-state index in [0.717, 1.165) is 11.5 Å². The van der Waals surface area contributed by atoms with Crippen LogP contribution in [0.25, 0.3) is 11.4 Å². The minimum atomic E-state index is -0.182. The van der Waals surface area contributed by atoms with Crippen LogP contribution in [0.3, 0.4) is 0 Å². The van der Waals surface area contributed by atoms with Crippen LogP contribution in [0.5, 0.6) is 11.5 Å². The molecule has 0 N–H and O–H groups in total. The van der Waals surface area contributed by atoms with Crippen LogP contribution < -0.4 is 9.47 Å². The highest BCUT2D eigenvalue weighted by atomic mass is 16.6. The van der Waals surface area contributed by atoms with E-state index in [1.807, 2.05) is 6.07 Å². The Bertz CT molecular complexity index is 818. The number of fused-ring (bicyclic) bond motifs is 2. The minimum Gasteiger partial charge on any atom is -0.493 e. The average Bonchev–Trinajstić information content (AvgIpc) is 3.42. The maximum absolute atomic E-state index is 12.1. The molecule has 27 heavy (non-hydrogen) atoms. The number of carbonyl (C=O) groups is 1. The fourth-order valence-electron chi connectivity index (χ4n) is 4.45.